The fourth-order valence-electron chi connectivity index (χ4n) is 3.16. The number of halogens is 2. The van der Waals surface area contributed by atoms with Crippen molar-refractivity contribution in [2.24, 2.45) is 0 Å². The van der Waals surface area contributed by atoms with Crippen LogP contribution < -0.4 is 5.32 Å². The second-order valence-electron chi connectivity index (χ2n) is 6.62. The third-order valence-electron chi connectivity index (χ3n) is 4.63. The first-order valence-electron chi connectivity index (χ1n) is 8.88. The number of anilines is 1. The quantitative estimate of drug-likeness (QED) is 0.404. The van der Waals surface area contributed by atoms with Crippen molar-refractivity contribution in [2.75, 3.05) is 12.4 Å². The molecule has 5 nitrogen and oxygen atoms in total. The zero-order chi connectivity index (χ0) is 21.4. The molecule has 4 rings (SSSR count). The van der Waals surface area contributed by atoms with Crippen molar-refractivity contribution in [1.29, 1.82) is 0 Å². The Kier molecular flexibility index (Phi) is 5.88. The van der Waals surface area contributed by atoms with Crippen LogP contribution in [0.5, 0.6) is 0 Å². The zero-order valence-electron chi connectivity index (χ0n) is 15.7. The smallest absolute Gasteiger partial charge is 0.265 e. The summed E-state index contributed by atoms with van der Waals surface area (Å²) < 4.78 is 2.35. The summed E-state index contributed by atoms with van der Waals surface area (Å²) in [4.78, 5) is 27.0. The molecule has 2 aromatic carbocycles. The van der Waals surface area contributed by atoms with Crippen molar-refractivity contribution < 1.29 is 9.59 Å². The van der Waals surface area contributed by atoms with Crippen LogP contribution in [-0.2, 0) is 16.1 Å². The lowest BCUT2D eigenvalue weighted by molar-refractivity contribution is -0.121. The lowest BCUT2D eigenvalue weighted by Gasteiger charge is -2.10. The van der Waals surface area contributed by atoms with E-state index in [4.69, 9.17) is 35.4 Å². The Morgan fingerprint density at radius 1 is 1.17 bits per heavy atom. The van der Waals surface area contributed by atoms with E-state index in [2.05, 4.69) is 5.32 Å². The maximum absolute atomic E-state index is 12.7. The van der Waals surface area contributed by atoms with E-state index in [1.165, 1.54) is 16.7 Å². The average Bonchev–Trinajstić information content (AvgIpc) is 3.17. The van der Waals surface area contributed by atoms with Gasteiger partial charge >= 0.3 is 0 Å². The van der Waals surface area contributed by atoms with Gasteiger partial charge in [0.2, 0.25) is 5.91 Å². The van der Waals surface area contributed by atoms with E-state index in [1.807, 2.05) is 41.1 Å². The van der Waals surface area contributed by atoms with Gasteiger partial charge in [0.25, 0.3) is 5.91 Å². The predicted molar refractivity (Wildman–Crippen MR) is 128 cm³/mol. The maximum atomic E-state index is 12.7. The number of aromatic nitrogens is 1. The van der Waals surface area contributed by atoms with E-state index >= 15 is 0 Å². The highest BCUT2D eigenvalue weighted by molar-refractivity contribution is 8.26. The Hall–Kier alpha value is -2.32. The molecule has 0 spiro atoms. The monoisotopic (exact) mass is 475 g/mol. The number of nitrogens with one attached hydrogen (secondary N) is 1. The molecule has 1 N–H and O–H groups in total. The number of thioether (sulfide) groups is 1. The van der Waals surface area contributed by atoms with Gasteiger partial charge in [-0.3, -0.25) is 14.5 Å². The molecule has 0 bridgehead atoms. The van der Waals surface area contributed by atoms with Crippen LogP contribution in [0.4, 0.5) is 5.69 Å². The second kappa shape index (κ2) is 8.43. The lowest BCUT2D eigenvalue weighted by atomic mass is 10.1. The number of hydrogen-bond acceptors (Lipinski definition) is 4. The molecule has 30 heavy (non-hydrogen) atoms. The number of benzene rings is 2. The van der Waals surface area contributed by atoms with Crippen molar-refractivity contribution in [1.82, 2.24) is 9.47 Å². The van der Waals surface area contributed by atoms with Gasteiger partial charge in [0.1, 0.15) is 10.9 Å². The van der Waals surface area contributed by atoms with Crippen LogP contribution in [0.15, 0.2) is 53.6 Å². The van der Waals surface area contributed by atoms with Crippen molar-refractivity contribution in [3.8, 4) is 0 Å². The molecule has 1 saturated heterocycles. The molecule has 9 heteroatoms. The minimum absolute atomic E-state index is 0.0602. The van der Waals surface area contributed by atoms with Gasteiger partial charge in [-0.1, -0.05) is 71.4 Å². The largest absolute Gasteiger partial charge is 0.337 e. The van der Waals surface area contributed by atoms with E-state index < -0.39 is 0 Å². The summed E-state index contributed by atoms with van der Waals surface area (Å²) in [6.07, 6.45) is 3.66. The number of carbonyl (C=O) groups excluding carboxylic acids is 2. The van der Waals surface area contributed by atoms with Crippen LogP contribution in [0.3, 0.4) is 0 Å². The van der Waals surface area contributed by atoms with Crippen molar-refractivity contribution >= 4 is 86.0 Å². The van der Waals surface area contributed by atoms with Gasteiger partial charge in [-0.15, -0.1) is 0 Å². The third kappa shape index (κ3) is 3.98. The minimum atomic E-state index is -0.266. The Balaban J connectivity index is 1.65. The molecule has 1 aliphatic rings. The number of likely N-dealkylation sites (N-methyl/N-ethyl adjacent to an activating group) is 1. The van der Waals surface area contributed by atoms with Crippen LogP contribution in [0.25, 0.3) is 17.0 Å². The molecular weight excluding hydrogens is 461 g/mol. The van der Waals surface area contributed by atoms with Crippen LogP contribution in [0, 0.1) is 0 Å². The maximum Gasteiger partial charge on any atom is 0.265 e. The molecular formula is C21H15Cl2N3O2S2. The number of carbonyl (C=O) groups is 2. The fourth-order valence-corrected chi connectivity index (χ4v) is 4.82. The highest BCUT2D eigenvalue weighted by Crippen LogP contribution is 2.34. The highest BCUT2D eigenvalue weighted by atomic mass is 35.5. The summed E-state index contributed by atoms with van der Waals surface area (Å²) in [6, 6.07) is 12.7. The van der Waals surface area contributed by atoms with Gasteiger partial charge in [-0.25, -0.2) is 0 Å². The Morgan fingerprint density at radius 3 is 2.53 bits per heavy atom. The van der Waals surface area contributed by atoms with Crippen molar-refractivity contribution in [3.63, 3.8) is 0 Å². The van der Waals surface area contributed by atoms with Gasteiger partial charge in [-0.2, -0.15) is 0 Å². The normalized spacial score (nSPS) is 15.4. The van der Waals surface area contributed by atoms with Crippen LogP contribution in [0.2, 0.25) is 10.0 Å². The summed E-state index contributed by atoms with van der Waals surface area (Å²) in [5.74, 6) is -0.398. The van der Waals surface area contributed by atoms with E-state index in [-0.39, 0.29) is 18.4 Å². The molecule has 0 atom stereocenters. The first-order chi connectivity index (χ1) is 14.3. The molecule has 2 amide bonds. The predicted octanol–water partition coefficient (Wildman–Crippen LogP) is 5.42. The summed E-state index contributed by atoms with van der Waals surface area (Å²) >= 11 is 18.8. The molecule has 2 heterocycles. The minimum Gasteiger partial charge on any atom is -0.337 e. The Labute approximate surface area is 192 Å². The van der Waals surface area contributed by atoms with Gasteiger partial charge in [0.05, 0.1) is 20.6 Å². The molecule has 152 valence electrons. The average molecular weight is 476 g/mol. The fraction of sp³-hybridized carbons (Fsp3) is 0.0952. The molecule has 0 aliphatic carbocycles. The third-order valence-corrected chi connectivity index (χ3v) is 6.75. The number of fused-ring (bicyclic) bond motifs is 1. The number of nitrogens with zero attached hydrogens (tertiary/aromatic N) is 2. The number of rotatable bonds is 4. The number of para-hydroxylation sites is 2. The summed E-state index contributed by atoms with van der Waals surface area (Å²) in [7, 11) is 1.66. The van der Waals surface area contributed by atoms with Gasteiger partial charge in [0.15, 0.2) is 0 Å². The molecule has 1 fully saturated rings. The second-order valence-corrected chi connectivity index (χ2v) is 9.11. The standard InChI is InChI=1S/C21H15Cl2N3O2S2/c1-25-20(28)17(30-21(25)29)9-12-10-26(16-8-3-2-5-13(12)16)11-18(27)24-19-14(22)6-4-7-15(19)23/h2-10H,11H2,1H3,(H,24,27)/b17-9+. The van der Waals surface area contributed by atoms with Crippen molar-refractivity contribution in [3.05, 3.63) is 69.2 Å². The van der Waals surface area contributed by atoms with E-state index in [1.54, 1.807) is 25.2 Å². The first-order valence-corrected chi connectivity index (χ1v) is 10.9. The number of hydrogen-bond donors (Lipinski definition) is 1. The molecule has 3 aromatic rings. The molecule has 0 radical (unpaired) electrons. The van der Waals surface area contributed by atoms with Crippen LogP contribution >= 0.6 is 47.2 Å². The topological polar surface area (TPSA) is 54.3 Å². The molecule has 1 aromatic heterocycles. The summed E-state index contributed by atoms with van der Waals surface area (Å²) in [5.41, 5.74) is 2.09. The Bertz CT molecular complexity index is 1220. The summed E-state index contributed by atoms with van der Waals surface area (Å²) in [5, 5.41) is 4.45. The molecule has 1 aliphatic heterocycles. The first kappa shape index (κ1) is 20.9. The van der Waals surface area contributed by atoms with Crippen LogP contribution in [0.1, 0.15) is 5.56 Å². The van der Waals surface area contributed by atoms with Gasteiger partial charge < -0.3 is 9.88 Å². The van der Waals surface area contributed by atoms with E-state index in [0.717, 1.165) is 16.5 Å². The lowest BCUT2D eigenvalue weighted by Crippen LogP contribution is -2.22. The van der Waals surface area contributed by atoms with Gasteiger partial charge in [0, 0.05) is 29.7 Å². The van der Waals surface area contributed by atoms with E-state index in [0.29, 0.717) is 25.0 Å². The van der Waals surface area contributed by atoms with Gasteiger partial charge in [-0.05, 0) is 24.3 Å². The van der Waals surface area contributed by atoms with Crippen LogP contribution in [-0.4, -0.2) is 32.6 Å². The zero-order valence-corrected chi connectivity index (χ0v) is 18.8. The number of amides is 2. The SMILES string of the molecule is CN1C(=O)/C(=C\c2cn(CC(=O)Nc3c(Cl)cccc3Cl)c3ccccc23)SC1=S. The Morgan fingerprint density at radius 2 is 1.87 bits per heavy atom. The molecule has 0 unspecified atom stereocenters. The van der Waals surface area contributed by atoms with E-state index in [9.17, 15) is 9.59 Å². The molecule has 0 saturated carbocycles. The highest BCUT2D eigenvalue weighted by Gasteiger charge is 2.29. The summed E-state index contributed by atoms with van der Waals surface area (Å²) in [6.45, 7) is 0.0602. The van der Waals surface area contributed by atoms with Crippen molar-refractivity contribution in [2.45, 2.75) is 6.54 Å². The number of thiocarbonyl (C=S) groups is 1.